The number of para-hydroxylation sites is 1. The maximum Gasteiger partial charge on any atom is 0.339 e. The molecule has 4 rings (SSSR count). The molecule has 0 saturated carbocycles. The summed E-state index contributed by atoms with van der Waals surface area (Å²) in [6, 6.07) is 14.5. The van der Waals surface area contributed by atoms with Crippen LogP contribution in [0.4, 0.5) is 10.5 Å². The summed E-state index contributed by atoms with van der Waals surface area (Å²) in [5, 5.41) is 8.56. The number of anilines is 1. The van der Waals surface area contributed by atoms with E-state index in [1.54, 1.807) is 49.5 Å². The number of imide groups is 1. The van der Waals surface area contributed by atoms with E-state index in [2.05, 4.69) is 15.4 Å². The summed E-state index contributed by atoms with van der Waals surface area (Å²) < 4.78 is 4.80. The minimum Gasteiger partial charge on any atom is -0.465 e. The average Bonchev–Trinajstić information content (AvgIpc) is 3.26. The number of urea groups is 1. The predicted molar refractivity (Wildman–Crippen MR) is 136 cm³/mol. The Morgan fingerprint density at radius 1 is 1.05 bits per heavy atom. The lowest BCUT2D eigenvalue weighted by Crippen LogP contribution is -2.63. The van der Waals surface area contributed by atoms with Gasteiger partial charge in [0.05, 0.1) is 24.6 Å². The Kier molecular flexibility index (Phi) is 7.18. The molecule has 1 N–H and O–H groups in total. The van der Waals surface area contributed by atoms with E-state index >= 15 is 0 Å². The number of ether oxygens (including phenoxy) is 1. The number of likely N-dealkylation sites (N-methyl/N-ethyl adjacent to an activating group) is 3. The van der Waals surface area contributed by atoms with Gasteiger partial charge in [-0.2, -0.15) is 5.10 Å². The third-order valence-corrected chi connectivity index (χ3v) is 6.11. The number of amides is 4. The van der Waals surface area contributed by atoms with Gasteiger partial charge in [-0.05, 0) is 17.7 Å². The van der Waals surface area contributed by atoms with Gasteiger partial charge in [0.25, 0.3) is 5.91 Å². The molecule has 37 heavy (non-hydrogen) atoms. The number of guanidine groups is 1. The van der Waals surface area contributed by atoms with E-state index in [0.29, 0.717) is 0 Å². The molecule has 1 saturated heterocycles. The van der Waals surface area contributed by atoms with Crippen LogP contribution in [-0.4, -0.2) is 103 Å². The molecule has 2 aliphatic rings. The van der Waals surface area contributed by atoms with E-state index in [1.807, 2.05) is 30.3 Å². The molecule has 0 spiro atoms. The maximum atomic E-state index is 13.1. The van der Waals surface area contributed by atoms with E-state index in [1.165, 1.54) is 24.1 Å². The molecule has 0 bridgehead atoms. The van der Waals surface area contributed by atoms with E-state index < -0.39 is 36.0 Å². The SMILES string of the molecule is COC(=O)c1ccccc1NC(=O)CN(/N=C/c1ccccc1)C1=NC2C(C(=O)N(C)C(=O)N2C)N1C. The highest BCUT2D eigenvalue weighted by molar-refractivity contribution is 6.05. The van der Waals surface area contributed by atoms with E-state index in [-0.39, 0.29) is 23.8 Å². The Bertz CT molecular complexity index is 1280. The van der Waals surface area contributed by atoms with Gasteiger partial charge in [-0.1, -0.05) is 42.5 Å². The molecule has 2 aromatic rings. The number of esters is 1. The van der Waals surface area contributed by atoms with Gasteiger partial charge in [0.1, 0.15) is 6.54 Å². The lowest BCUT2D eigenvalue weighted by molar-refractivity contribution is -0.135. The van der Waals surface area contributed by atoms with E-state index in [9.17, 15) is 19.2 Å². The van der Waals surface area contributed by atoms with Crippen LogP contribution in [0.5, 0.6) is 0 Å². The van der Waals surface area contributed by atoms with Crippen LogP contribution in [0, 0.1) is 0 Å². The molecule has 2 atom stereocenters. The smallest absolute Gasteiger partial charge is 0.339 e. The van der Waals surface area contributed by atoms with Crippen LogP contribution in [0.25, 0.3) is 0 Å². The number of hydrogen-bond acceptors (Lipinski definition) is 9. The first-order valence-electron chi connectivity index (χ1n) is 11.4. The Balaban J connectivity index is 1.63. The summed E-state index contributed by atoms with van der Waals surface area (Å²) >= 11 is 0. The number of nitrogens with one attached hydrogen (secondary N) is 1. The van der Waals surface area contributed by atoms with Crippen molar-refractivity contribution < 1.29 is 23.9 Å². The second-order valence-electron chi connectivity index (χ2n) is 8.49. The van der Waals surface area contributed by atoms with Gasteiger partial charge in [0.15, 0.2) is 12.2 Å². The maximum absolute atomic E-state index is 13.1. The highest BCUT2D eigenvalue weighted by atomic mass is 16.5. The van der Waals surface area contributed by atoms with Crippen molar-refractivity contribution in [1.82, 2.24) is 19.7 Å². The van der Waals surface area contributed by atoms with E-state index in [4.69, 9.17) is 4.74 Å². The first-order valence-corrected chi connectivity index (χ1v) is 11.4. The standard InChI is InChI=1S/C25H27N7O5/c1-29-20-21(30(2)25(36)31(3)22(20)34)28-24(29)32(26-14-16-10-6-5-7-11-16)15-19(33)27-18-13-9-8-12-17(18)23(35)37-4/h5-14,20-21H,15H2,1-4H3,(H,27,33)/b26-14+. The van der Waals surface area contributed by atoms with Crippen LogP contribution in [0.1, 0.15) is 15.9 Å². The number of methoxy groups -OCH3 is 1. The zero-order valence-corrected chi connectivity index (χ0v) is 20.9. The molecular formula is C25H27N7O5. The van der Waals surface area contributed by atoms with Crippen molar-refractivity contribution in [3.63, 3.8) is 0 Å². The van der Waals surface area contributed by atoms with Crippen LogP contribution >= 0.6 is 0 Å². The molecule has 4 amide bonds. The first kappa shape index (κ1) is 25.4. The molecule has 0 aliphatic carbocycles. The van der Waals surface area contributed by atoms with Crippen molar-refractivity contribution in [2.75, 3.05) is 40.1 Å². The van der Waals surface area contributed by atoms with Crippen molar-refractivity contribution in [2.24, 2.45) is 10.1 Å². The molecule has 2 aliphatic heterocycles. The number of rotatable bonds is 6. The number of hydrazone groups is 1. The van der Waals surface area contributed by atoms with Crippen molar-refractivity contribution >= 4 is 41.7 Å². The number of carbonyl (C=O) groups excluding carboxylic acids is 4. The number of aliphatic imine (C=N–C) groups is 1. The number of nitrogens with zero attached hydrogens (tertiary/aromatic N) is 6. The summed E-state index contributed by atoms with van der Waals surface area (Å²) in [5.41, 5.74) is 1.27. The number of benzene rings is 2. The fraction of sp³-hybridized carbons (Fsp3) is 0.280. The summed E-state index contributed by atoms with van der Waals surface area (Å²) in [6.45, 7) is -0.289. The van der Waals surface area contributed by atoms with E-state index in [0.717, 1.165) is 10.5 Å². The fourth-order valence-corrected chi connectivity index (χ4v) is 4.13. The Hall–Kier alpha value is -4.74. The quantitative estimate of drug-likeness (QED) is 0.356. The molecule has 0 aromatic heterocycles. The van der Waals surface area contributed by atoms with Gasteiger partial charge in [-0.25, -0.2) is 19.6 Å². The molecule has 2 heterocycles. The van der Waals surface area contributed by atoms with Gasteiger partial charge < -0.3 is 19.9 Å². The number of hydrogen-bond donors (Lipinski definition) is 1. The Labute approximate surface area is 213 Å². The first-order chi connectivity index (χ1) is 17.7. The van der Waals surface area contributed by atoms with Crippen molar-refractivity contribution in [1.29, 1.82) is 0 Å². The number of fused-ring (bicyclic) bond motifs is 1. The van der Waals surface area contributed by atoms with Gasteiger partial charge >= 0.3 is 12.0 Å². The average molecular weight is 506 g/mol. The summed E-state index contributed by atoms with van der Waals surface area (Å²) in [6.07, 6.45) is 0.797. The van der Waals surface area contributed by atoms with Crippen molar-refractivity contribution in [3.8, 4) is 0 Å². The molecule has 12 nitrogen and oxygen atoms in total. The van der Waals surface area contributed by atoms with Crippen LogP contribution in [0.3, 0.4) is 0 Å². The zero-order chi connectivity index (χ0) is 26.7. The van der Waals surface area contributed by atoms with Crippen molar-refractivity contribution in [2.45, 2.75) is 12.2 Å². The van der Waals surface area contributed by atoms with Crippen molar-refractivity contribution in [3.05, 3.63) is 65.7 Å². The molecule has 2 aromatic carbocycles. The van der Waals surface area contributed by atoms with Crippen LogP contribution in [0.15, 0.2) is 64.7 Å². The van der Waals surface area contributed by atoms with Gasteiger partial charge in [-0.3, -0.25) is 14.5 Å². The van der Waals surface area contributed by atoms with Gasteiger partial charge in [0, 0.05) is 21.1 Å². The second-order valence-corrected chi connectivity index (χ2v) is 8.49. The molecule has 0 radical (unpaired) electrons. The van der Waals surface area contributed by atoms with Gasteiger partial charge in [-0.15, -0.1) is 0 Å². The molecule has 1 fully saturated rings. The van der Waals surface area contributed by atoms with Gasteiger partial charge in [0.2, 0.25) is 11.9 Å². The second kappa shape index (κ2) is 10.5. The predicted octanol–water partition coefficient (Wildman–Crippen LogP) is 1.27. The fourth-order valence-electron chi connectivity index (χ4n) is 4.13. The summed E-state index contributed by atoms with van der Waals surface area (Å²) in [7, 11) is 5.90. The third-order valence-electron chi connectivity index (χ3n) is 6.11. The van der Waals surface area contributed by atoms with Crippen LogP contribution in [0.2, 0.25) is 0 Å². The zero-order valence-electron chi connectivity index (χ0n) is 20.9. The lowest BCUT2D eigenvalue weighted by Gasteiger charge is -2.39. The highest BCUT2D eigenvalue weighted by Crippen LogP contribution is 2.27. The topological polar surface area (TPSA) is 127 Å². The largest absolute Gasteiger partial charge is 0.465 e. The molecular weight excluding hydrogens is 478 g/mol. The molecule has 12 heteroatoms. The molecule has 2 unspecified atom stereocenters. The summed E-state index contributed by atoms with van der Waals surface area (Å²) in [5.74, 6) is -1.24. The Morgan fingerprint density at radius 2 is 1.73 bits per heavy atom. The molecule has 192 valence electrons. The minimum atomic E-state index is -0.770. The van der Waals surface area contributed by atoms with Crippen LogP contribution < -0.4 is 5.32 Å². The minimum absolute atomic E-state index is 0.202. The Morgan fingerprint density at radius 3 is 2.43 bits per heavy atom. The summed E-state index contributed by atoms with van der Waals surface area (Å²) in [4.78, 5) is 59.2. The monoisotopic (exact) mass is 505 g/mol. The third kappa shape index (κ3) is 4.99. The number of carbonyl (C=O) groups is 4. The lowest BCUT2D eigenvalue weighted by atomic mass is 10.1. The van der Waals surface area contributed by atoms with Crippen LogP contribution in [-0.2, 0) is 14.3 Å². The normalized spacial score (nSPS) is 19.1. The highest BCUT2D eigenvalue weighted by Gasteiger charge is 2.51.